The van der Waals surface area contributed by atoms with Crippen molar-refractivity contribution < 1.29 is 9.59 Å². The first-order valence-corrected chi connectivity index (χ1v) is 10.9. The molecule has 1 fully saturated rings. The Morgan fingerprint density at radius 2 is 2.16 bits per heavy atom. The van der Waals surface area contributed by atoms with Gasteiger partial charge in [0.15, 0.2) is 0 Å². The largest absolute Gasteiger partial charge is 0.391 e. The minimum Gasteiger partial charge on any atom is -0.391 e. The van der Waals surface area contributed by atoms with Crippen LogP contribution in [-0.4, -0.2) is 54.3 Å². The van der Waals surface area contributed by atoms with Crippen LogP contribution in [0.15, 0.2) is 43.3 Å². The minimum atomic E-state index is -0.159. The van der Waals surface area contributed by atoms with Crippen LogP contribution in [0.5, 0.6) is 0 Å². The molecule has 3 rings (SSSR count). The normalized spacial score (nSPS) is 17.8. The Hall–Kier alpha value is -3.04. The van der Waals surface area contributed by atoms with Crippen LogP contribution in [0.3, 0.4) is 0 Å². The number of benzene rings is 1. The fraction of sp³-hybridized carbons (Fsp3) is 0.440. The highest BCUT2D eigenvalue weighted by Crippen LogP contribution is 2.31. The number of carbonyl (C=O) groups excluding carboxylic acids is 2. The van der Waals surface area contributed by atoms with Gasteiger partial charge in [-0.25, -0.2) is 0 Å². The smallest absolute Gasteiger partial charge is 0.255 e. The van der Waals surface area contributed by atoms with Crippen molar-refractivity contribution in [2.45, 2.75) is 44.7 Å². The standard InChI is InChI=1S/C25H32N4O2/c1-4-26-15-6-8-17-28(3)16-7-5-10-20-11-9-12-21-22(20)18-29(25(21)31)23-13-14-24(30)27-19(23)2/h4,9,11-12,23,26H,1-2,6-8,13-18H2,3H3,(H,27,30). The first-order valence-electron chi connectivity index (χ1n) is 10.9. The van der Waals surface area contributed by atoms with Crippen LogP contribution in [0.1, 0.15) is 53.6 Å². The summed E-state index contributed by atoms with van der Waals surface area (Å²) in [5.74, 6) is 6.51. The van der Waals surface area contributed by atoms with E-state index in [2.05, 4.69) is 47.6 Å². The number of hydrogen-bond acceptors (Lipinski definition) is 4. The third kappa shape index (κ3) is 5.77. The lowest BCUT2D eigenvalue weighted by atomic mass is 10.0. The summed E-state index contributed by atoms with van der Waals surface area (Å²) in [4.78, 5) is 28.7. The third-order valence-electron chi connectivity index (χ3n) is 5.82. The van der Waals surface area contributed by atoms with Gasteiger partial charge < -0.3 is 20.4 Å². The number of rotatable bonds is 9. The molecule has 0 bridgehead atoms. The highest BCUT2D eigenvalue weighted by molar-refractivity contribution is 5.99. The molecule has 1 saturated heterocycles. The van der Waals surface area contributed by atoms with Gasteiger partial charge in [-0.2, -0.15) is 0 Å². The molecular weight excluding hydrogens is 388 g/mol. The van der Waals surface area contributed by atoms with Crippen LogP contribution in [0.25, 0.3) is 0 Å². The van der Waals surface area contributed by atoms with Crippen molar-refractivity contribution in [1.29, 1.82) is 0 Å². The predicted octanol–water partition coefficient (Wildman–Crippen LogP) is 2.62. The van der Waals surface area contributed by atoms with Crippen molar-refractivity contribution in [2.75, 3.05) is 26.7 Å². The number of unbranched alkanes of at least 4 members (excludes halogenated alkanes) is 1. The summed E-state index contributed by atoms with van der Waals surface area (Å²) in [6, 6.07) is 5.58. The molecule has 2 aliphatic rings. The van der Waals surface area contributed by atoms with Gasteiger partial charge in [-0.1, -0.05) is 31.1 Å². The van der Waals surface area contributed by atoms with E-state index in [1.165, 1.54) is 0 Å². The average Bonchev–Trinajstić information content (AvgIpc) is 3.08. The molecular formula is C25H32N4O2. The molecule has 6 nitrogen and oxygen atoms in total. The van der Waals surface area contributed by atoms with Gasteiger partial charge in [-0.3, -0.25) is 9.59 Å². The first kappa shape index (κ1) is 22.6. The Balaban J connectivity index is 1.56. The maximum Gasteiger partial charge on any atom is 0.255 e. The van der Waals surface area contributed by atoms with Crippen LogP contribution in [0, 0.1) is 11.8 Å². The first-order chi connectivity index (χ1) is 15.0. The van der Waals surface area contributed by atoms with Crippen molar-refractivity contribution in [3.63, 3.8) is 0 Å². The zero-order valence-corrected chi connectivity index (χ0v) is 18.4. The van der Waals surface area contributed by atoms with E-state index in [-0.39, 0.29) is 17.9 Å². The van der Waals surface area contributed by atoms with Gasteiger partial charge in [-0.15, -0.1) is 0 Å². The second-order valence-corrected chi connectivity index (χ2v) is 8.11. The molecule has 0 saturated carbocycles. The third-order valence-corrected chi connectivity index (χ3v) is 5.82. The molecule has 1 atom stereocenters. The second kappa shape index (κ2) is 10.8. The van der Waals surface area contributed by atoms with Crippen molar-refractivity contribution in [1.82, 2.24) is 20.4 Å². The Morgan fingerprint density at radius 3 is 2.94 bits per heavy atom. The monoisotopic (exact) mass is 420 g/mol. The lowest BCUT2D eigenvalue weighted by Crippen LogP contribution is -2.45. The molecule has 1 unspecified atom stereocenters. The summed E-state index contributed by atoms with van der Waals surface area (Å²) in [6.07, 6.45) is 5.81. The molecule has 0 radical (unpaired) electrons. The molecule has 31 heavy (non-hydrogen) atoms. The van der Waals surface area contributed by atoms with Crippen LogP contribution in [0.4, 0.5) is 0 Å². The van der Waals surface area contributed by atoms with Gasteiger partial charge >= 0.3 is 0 Å². The number of fused-ring (bicyclic) bond motifs is 1. The van der Waals surface area contributed by atoms with Gasteiger partial charge in [0, 0.05) is 49.3 Å². The molecule has 0 aliphatic carbocycles. The van der Waals surface area contributed by atoms with E-state index in [1.807, 2.05) is 23.1 Å². The van der Waals surface area contributed by atoms with Gasteiger partial charge in [0.05, 0.1) is 6.04 Å². The van der Waals surface area contributed by atoms with Gasteiger partial charge in [0.2, 0.25) is 5.91 Å². The number of carbonyl (C=O) groups is 2. The maximum absolute atomic E-state index is 13.0. The number of nitrogens with one attached hydrogen (secondary N) is 2. The molecule has 6 heteroatoms. The number of piperidine rings is 1. The average molecular weight is 421 g/mol. The van der Waals surface area contributed by atoms with E-state index < -0.39 is 0 Å². The number of amides is 2. The Bertz CT molecular complexity index is 912. The van der Waals surface area contributed by atoms with Crippen molar-refractivity contribution >= 4 is 11.8 Å². The summed E-state index contributed by atoms with van der Waals surface area (Å²) in [5.41, 5.74) is 3.21. The molecule has 1 aromatic carbocycles. The van der Waals surface area contributed by atoms with Gasteiger partial charge in [0.25, 0.3) is 5.91 Å². The van der Waals surface area contributed by atoms with E-state index in [0.717, 1.165) is 50.0 Å². The number of hydrogen-bond donors (Lipinski definition) is 2. The quantitative estimate of drug-likeness (QED) is 0.476. The summed E-state index contributed by atoms with van der Waals surface area (Å²) >= 11 is 0. The lowest BCUT2D eigenvalue weighted by Gasteiger charge is -2.32. The van der Waals surface area contributed by atoms with Crippen LogP contribution < -0.4 is 10.6 Å². The topological polar surface area (TPSA) is 64.7 Å². The number of nitrogens with zero attached hydrogens (tertiary/aromatic N) is 2. The molecule has 0 aromatic heterocycles. The summed E-state index contributed by atoms with van der Waals surface area (Å²) in [7, 11) is 2.12. The molecule has 2 N–H and O–H groups in total. The maximum atomic E-state index is 13.0. The zero-order chi connectivity index (χ0) is 22.2. The van der Waals surface area contributed by atoms with E-state index in [9.17, 15) is 9.59 Å². The molecule has 2 aliphatic heterocycles. The van der Waals surface area contributed by atoms with Crippen LogP contribution in [-0.2, 0) is 11.3 Å². The molecule has 164 valence electrons. The Kier molecular flexibility index (Phi) is 7.91. The van der Waals surface area contributed by atoms with Crippen molar-refractivity contribution in [2.24, 2.45) is 0 Å². The van der Waals surface area contributed by atoms with Gasteiger partial charge in [-0.05, 0) is 56.8 Å². The molecule has 2 heterocycles. The Morgan fingerprint density at radius 1 is 1.32 bits per heavy atom. The SMILES string of the molecule is C=CNCCCCN(C)CCC#Cc1cccc2c1CN(C1CCC(=O)NC1=C)C2=O. The molecule has 2 amide bonds. The predicted molar refractivity (Wildman–Crippen MR) is 123 cm³/mol. The highest BCUT2D eigenvalue weighted by Gasteiger charge is 2.37. The lowest BCUT2D eigenvalue weighted by molar-refractivity contribution is -0.121. The summed E-state index contributed by atoms with van der Waals surface area (Å²) in [6.45, 7) is 11.1. The highest BCUT2D eigenvalue weighted by atomic mass is 16.2. The second-order valence-electron chi connectivity index (χ2n) is 8.11. The van der Waals surface area contributed by atoms with E-state index in [0.29, 0.717) is 30.6 Å². The summed E-state index contributed by atoms with van der Waals surface area (Å²) < 4.78 is 0. The minimum absolute atomic E-state index is 0.00775. The molecule has 0 spiro atoms. The fourth-order valence-electron chi connectivity index (χ4n) is 4.06. The zero-order valence-electron chi connectivity index (χ0n) is 18.4. The Labute approximate surface area is 185 Å². The van der Waals surface area contributed by atoms with Crippen LogP contribution >= 0.6 is 0 Å². The van der Waals surface area contributed by atoms with E-state index in [4.69, 9.17) is 0 Å². The van der Waals surface area contributed by atoms with Crippen LogP contribution in [0.2, 0.25) is 0 Å². The van der Waals surface area contributed by atoms with E-state index >= 15 is 0 Å². The molecule has 1 aromatic rings. The summed E-state index contributed by atoms with van der Waals surface area (Å²) in [5, 5.41) is 5.89. The van der Waals surface area contributed by atoms with Crippen molar-refractivity contribution in [3.05, 3.63) is 59.9 Å². The van der Waals surface area contributed by atoms with Gasteiger partial charge in [0.1, 0.15) is 0 Å². The van der Waals surface area contributed by atoms with Crippen molar-refractivity contribution in [3.8, 4) is 11.8 Å². The fourth-order valence-corrected chi connectivity index (χ4v) is 4.06. The van der Waals surface area contributed by atoms with E-state index in [1.54, 1.807) is 6.20 Å².